The number of rotatable bonds is 0. The lowest BCUT2D eigenvalue weighted by molar-refractivity contribution is -0.122. The lowest BCUT2D eigenvalue weighted by Crippen LogP contribution is -2.16. The molecule has 0 aliphatic heterocycles. The summed E-state index contributed by atoms with van der Waals surface area (Å²) in [5.41, 5.74) is 0. The first kappa shape index (κ1) is 6.77. The Kier molecular flexibility index (Phi) is 1.38. The minimum absolute atomic E-state index is 0.0162. The monoisotopic (exact) mass is 206 g/mol. The smallest absolute Gasteiger partial charge is 0.139 e. The van der Waals surface area contributed by atoms with Gasteiger partial charge in [0.25, 0.3) is 0 Å². The van der Waals surface area contributed by atoms with E-state index in [1.54, 1.807) is 0 Å². The Labute approximate surface area is 67.1 Å². The van der Waals surface area contributed by atoms with Crippen molar-refractivity contribution in [3.05, 3.63) is 0 Å². The maximum Gasteiger partial charge on any atom is 0.139 e. The molecule has 2 rings (SSSR count). The van der Waals surface area contributed by atoms with Crippen LogP contribution < -0.4 is 0 Å². The van der Waals surface area contributed by atoms with Crippen LogP contribution >= 0.6 is 15.9 Å². The highest BCUT2D eigenvalue weighted by Gasteiger charge is 2.52. The summed E-state index contributed by atoms with van der Waals surface area (Å²) in [5.74, 6) is -0.153. The van der Waals surface area contributed by atoms with E-state index in [1.807, 2.05) is 0 Å². The van der Waals surface area contributed by atoms with Crippen LogP contribution in [0.3, 0.4) is 0 Å². The first-order valence-corrected chi connectivity index (χ1v) is 4.42. The summed E-state index contributed by atoms with van der Waals surface area (Å²) in [6.45, 7) is 0. The average Bonchev–Trinajstić information content (AvgIpc) is 2.26. The zero-order valence-corrected chi connectivity index (χ0v) is 6.97. The minimum atomic E-state index is -0.850. The second-order valence-electron chi connectivity index (χ2n) is 3.14. The van der Waals surface area contributed by atoms with Crippen LogP contribution in [0, 0.1) is 11.8 Å². The Balaban J connectivity index is 2.25. The quantitative estimate of drug-likeness (QED) is 0.552. The molecule has 0 amide bonds. The topological polar surface area (TPSA) is 17.1 Å². The Bertz CT molecular complexity index is 182. The number of Topliss-reactive ketones (excluding diaryl/α,β-unsaturated/α-hetero) is 1. The van der Waals surface area contributed by atoms with Crippen molar-refractivity contribution in [2.24, 2.45) is 11.8 Å². The number of alkyl halides is 2. The van der Waals surface area contributed by atoms with Gasteiger partial charge in [0, 0.05) is 17.2 Å². The van der Waals surface area contributed by atoms with Gasteiger partial charge in [-0.2, -0.15) is 0 Å². The van der Waals surface area contributed by atoms with Crippen molar-refractivity contribution in [2.75, 3.05) is 0 Å². The Morgan fingerprint density at radius 2 is 2.30 bits per heavy atom. The van der Waals surface area contributed by atoms with Gasteiger partial charge in [0.1, 0.15) is 12.0 Å². The summed E-state index contributed by atoms with van der Waals surface area (Å²) < 4.78 is 13.0. The maximum atomic E-state index is 13.0. The number of ketones is 1. The fourth-order valence-electron chi connectivity index (χ4n) is 1.98. The highest BCUT2D eigenvalue weighted by Crippen LogP contribution is 2.47. The second-order valence-corrected chi connectivity index (χ2v) is 4.31. The highest BCUT2D eigenvalue weighted by molar-refractivity contribution is 9.09. The number of fused-ring (bicyclic) bond motifs is 2. The third kappa shape index (κ3) is 0.698. The van der Waals surface area contributed by atoms with E-state index < -0.39 is 6.17 Å². The SMILES string of the molecule is O=C1CC2C(Br)CC1C2F. The first-order valence-electron chi connectivity index (χ1n) is 3.51. The second kappa shape index (κ2) is 2.03. The summed E-state index contributed by atoms with van der Waals surface area (Å²) in [4.78, 5) is 11.2. The van der Waals surface area contributed by atoms with Gasteiger partial charge in [-0.05, 0) is 6.42 Å². The summed E-state index contributed by atoms with van der Waals surface area (Å²) in [6, 6.07) is 0. The molecule has 2 aliphatic rings. The van der Waals surface area contributed by atoms with Gasteiger partial charge < -0.3 is 0 Å². The molecule has 2 bridgehead atoms. The molecule has 2 saturated carbocycles. The van der Waals surface area contributed by atoms with Crippen molar-refractivity contribution in [3.63, 3.8) is 0 Å². The van der Waals surface area contributed by atoms with Gasteiger partial charge in [-0.3, -0.25) is 4.79 Å². The van der Waals surface area contributed by atoms with Crippen molar-refractivity contribution in [1.29, 1.82) is 0 Å². The molecule has 2 aliphatic carbocycles. The van der Waals surface area contributed by atoms with Gasteiger partial charge in [-0.1, -0.05) is 15.9 Å². The van der Waals surface area contributed by atoms with Crippen LogP contribution in [0.5, 0.6) is 0 Å². The van der Waals surface area contributed by atoms with Crippen LogP contribution in [0.4, 0.5) is 4.39 Å². The van der Waals surface area contributed by atoms with Crippen molar-refractivity contribution in [1.82, 2.24) is 0 Å². The molecular weight excluding hydrogens is 199 g/mol. The molecule has 4 atom stereocenters. The minimum Gasteiger partial charge on any atom is -0.299 e. The third-order valence-corrected chi connectivity index (χ3v) is 3.64. The van der Waals surface area contributed by atoms with E-state index >= 15 is 0 Å². The van der Waals surface area contributed by atoms with Crippen LogP contribution in [0.1, 0.15) is 12.8 Å². The molecule has 3 heteroatoms. The lowest BCUT2D eigenvalue weighted by Gasteiger charge is -2.12. The number of hydrogen-bond acceptors (Lipinski definition) is 1. The Morgan fingerprint density at radius 1 is 1.60 bits per heavy atom. The summed E-state index contributed by atoms with van der Waals surface area (Å²) >= 11 is 3.37. The molecular formula is C7H8BrFO. The standard InChI is InChI=1S/C7H8BrFO/c8-5-1-4-6(10)2-3(5)7(4)9/h3-5,7H,1-2H2. The summed E-state index contributed by atoms with van der Waals surface area (Å²) in [5, 5.41) is 0. The largest absolute Gasteiger partial charge is 0.299 e. The number of carbonyl (C=O) groups excluding carboxylic acids is 1. The van der Waals surface area contributed by atoms with Gasteiger partial charge in [-0.15, -0.1) is 0 Å². The van der Waals surface area contributed by atoms with E-state index in [0.717, 1.165) is 0 Å². The first-order chi connectivity index (χ1) is 4.70. The van der Waals surface area contributed by atoms with Crippen LogP contribution in [-0.2, 0) is 4.79 Å². The Morgan fingerprint density at radius 3 is 2.60 bits per heavy atom. The molecule has 56 valence electrons. The van der Waals surface area contributed by atoms with E-state index in [9.17, 15) is 9.18 Å². The molecule has 0 N–H and O–H groups in total. The molecule has 1 nitrogen and oxygen atoms in total. The van der Waals surface area contributed by atoms with E-state index in [-0.39, 0.29) is 22.4 Å². The number of halogens is 2. The summed E-state index contributed by atoms with van der Waals surface area (Å²) in [7, 11) is 0. The van der Waals surface area contributed by atoms with Crippen LogP contribution in [0.25, 0.3) is 0 Å². The van der Waals surface area contributed by atoms with Gasteiger partial charge >= 0.3 is 0 Å². The lowest BCUT2D eigenvalue weighted by atomic mass is 10.00. The molecule has 0 aromatic rings. The molecule has 4 unspecified atom stereocenters. The zero-order chi connectivity index (χ0) is 7.30. The number of carbonyl (C=O) groups is 1. The predicted octanol–water partition coefficient (Wildman–Crippen LogP) is 1.70. The van der Waals surface area contributed by atoms with Crippen LogP contribution in [0.2, 0.25) is 0 Å². The normalized spacial score (nSPS) is 52.4. The van der Waals surface area contributed by atoms with E-state index in [0.29, 0.717) is 12.8 Å². The van der Waals surface area contributed by atoms with E-state index in [1.165, 1.54) is 0 Å². The third-order valence-electron chi connectivity index (χ3n) is 2.59. The Hall–Kier alpha value is 0.0800. The molecule has 0 heterocycles. The molecule has 0 aromatic carbocycles. The van der Waals surface area contributed by atoms with Gasteiger partial charge in [0.15, 0.2) is 0 Å². The van der Waals surface area contributed by atoms with Crippen molar-refractivity contribution in [3.8, 4) is 0 Å². The molecule has 0 saturated heterocycles. The number of hydrogen-bond donors (Lipinski definition) is 0. The van der Waals surface area contributed by atoms with Crippen molar-refractivity contribution < 1.29 is 9.18 Å². The molecule has 0 spiro atoms. The predicted molar refractivity (Wildman–Crippen MR) is 38.8 cm³/mol. The molecule has 2 fully saturated rings. The average molecular weight is 207 g/mol. The zero-order valence-electron chi connectivity index (χ0n) is 5.39. The maximum absolute atomic E-state index is 13.0. The fourth-order valence-corrected chi connectivity index (χ4v) is 2.86. The van der Waals surface area contributed by atoms with Crippen LogP contribution in [0.15, 0.2) is 0 Å². The van der Waals surface area contributed by atoms with Crippen molar-refractivity contribution >= 4 is 21.7 Å². The van der Waals surface area contributed by atoms with Gasteiger partial charge in [0.05, 0.1) is 5.92 Å². The molecule has 10 heavy (non-hydrogen) atoms. The van der Waals surface area contributed by atoms with Gasteiger partial charge in [-0.25, -0.2) is 4.39 Å². The fraction of sp³-hybridized carbons (Fsp3) is 0.857. The van der Waals surface area contributed by atoms with Gasteiger partial charge in [0.2, 0.25) is 0 Å². The molecule has 0 radical (unpaired) electrons. The van der Waals surface area contributed by atoms with E-state index in [4.69, 9.17) is 0 Å². The van der Waals surface area contributed by atoms with E-state index in [2.05, 4.69) is 15.9 Å². The van der Waals surface area contributed by atoms with Crippen LogP contribution in [-0.4, -0.2) is 16.8 Å². The summed E-state index contributed by atoms with van der Waals surface area (Å²) in [6.07, 6.45) is 0.323. The van der Waals surface area contributed by atoms with Crippen molar-refractivity contribution in [2.45, 2.75) is 23.8 Å². The molecule has 0 aromatic heterocycles. The highest BCUT2D eigenvalue weighted by atomic mass is 79.9.